The van der Waals surface area contributed by atoms with Crippen molar-refractivity contribution in [3.8, 4) is 17.5 Å². The molecule has 3 aromatic rings. The molecular weight excluding hydrogens is 314 g/mol. The highest BCUT2D eigenvalue weighted by Crippen LogP contribution is 2.23. The van der Waals surface area contributed by atoms with E-state index >= 15 is 0 Å². The molecule has 0 radical (unpaired) electrons. The van der Waals surface area contributed by atoms with Crippen LogP contribution in [0, 0.1) is 25.2 Å². The van der Waals surface area contributed by atoms with Crippen molar-refractivity contribution in [1.82, 2.24) is 9.78 Å². The van der Waals surface area contributed by atoms with Crippen LogP contribution < -0.4 is 4.74 Å². The number of hydrogen-bond donors (Lipinski definition) is 1. The Morgan fingerprint density at radius 2 is 1.92 bits per heavy atom. The summed E-state index contributed by atoms with van der Waals surface area (Å²) < 4.78 is 7.70. The number of nitrogens with zero attached hydrogens (tertiary/aromatic N) is 3. The minimum absolute atomic E-state index is 0.000324. The Morgan fingerprint density at radius 1 is 1.16 bits per heavy atom. The fraction of sp³-hybridized carbons (Fsp3) is 0.200. The van der Waals surface area contributed by atoms with Crippen LogP contribution in [0.3, 0.4) is 0 Å². The van der Waals surface area contributed by atoms with E-state index in [1.165, 1.54) is 0 Å². The van der Waals surface area contributed by atoms with Crippen molar-refractivity contribution >= 4 is 0 Å². The summed E-state index contributed by atoms with van der Waals surface area (Å²) in [5, 5.41) is 23.2. The van der Waals surface area contributed by atoms with Gasteiger partial charge in [-0.1, -0.05) is 30.3 Å². The number of aliphatic hydroxyl groups is 1. The van der Waals surface area contributed by atoms with Gasteiger partial charge in [-0.05, 0) is 43.2 Å². The van der Waals surface area contributed by atoms with Gasteiger partial charge < -0.3 is 9.84 Å². The third-order valence-electron chi connectivity index (χ3n) is 4.05. The molecule has 0 saturated heterocycles. The second-order valence-electron chi connectivity index (χ2n) is 5.81. The first-order chi connectivity index (χ1) is 12.1. The lowest BCUT2D eigenvalue weighted by atomic mass is 10.1. The lowest BCUT2D eigenvalue weighted by Crippen LogP contribution is -2.07. The largest absolute Gasteiger partial charge is 0.487 e. The summed E-state index contributed by atoms with van der Waals surface area (Å²) in [6, 6.07) is 17.5. The maximum absolute atomic E-state index is 9.49. The maximum Gasteiger partial charge on any atom is 0.132 e. The van der Waals surface area contributed by atoms with Crippen molar-refractivity contribution in [2.75, 3.05) is 0 Å². The lowest BCUT2D eigenvalue weighted by molar-refractivity contribution is 0.279. The van der Waals surface area contributed by atoms with Crippen molar-refractivity contribution in [2.24, 2.45) is 0 Å². The van der Waals surface area contributed by atoms with Crippen molar-refractivity contribution in [3.05, 3.63) is 76.6 Å². The van der Waals surface area contributed by atoms with Gasteiger partial charge in [-0.2, -0.15) is 10.4 Å². The molecule has 5 nitrogen and oxygen atoms in total. The van der Waals surface area contributed by atoms with E-state index < -0.39 is 0 Å². The Balaban J connectivity index is 1.93. The molecule has 0 unspecified atom stereocenters. The molecule has 0 amide bonds. The number of rotatable bonds is 5. The van der Waals surface area contributed by atoms with Gasteiger partial charge in [0.05, 0.1) is 23.7 Å². The Kier molecular flexibility index (Phi) is 4.82. The standard InChI is InChI=1S/C20H19N3O2/c1-14-10-16(12-24)8-9-20(14)25-13-19-18(11-21)15(2)22-23(19)17-6-4-3-5-7-17/h3-10,24H,12-13H2,1-2H3. The van der Waals surface area contributed by atoms with Crippen LogP contribution >= 0.6 is 0 Å². The molecule has 0 fully saturated rings. The molecule has 0 spiro atoms. The Morgan fingerprint density at radius 3 is 2.56 bits per heavy atom. The minimum Gasteiger partial charge on any atom is -0.487 e. The number of aryl methyl sites for hydroxylation is 2. The molecule has 126 valence electrons. The van der Waals surface area contributed by atoms with Gasteiger partial charge in [0.1, 0.15) is 24.0 Å². The van der Waals surface area contributed by atoms with Gasteiger partial charge in [0.2, 0.25) is 0 Å². The first kappa shape index (κ1) is 16.7. The van der Waals surface area contributed by atoms with Crippen molar-refractivity contribution < 1.29 is 9.84 Å². The quantitative estimate of drug-likeness (QED) is 0.776. The Hall–Kier alpha value is -3.10. The van der Waals surface area contributed by atoms with Gasteiger partial charge in [-0.25, -0.2) is 4.68 Å². The highest BCUT2D eigenvalue weighted by Gasteiger charge is 2.17. The van der Waals surface area contributed by atoms with Gasteiger partial charge >= 0.3 is 0 Å². The second kappa shape index (κ2) is 7.20. The van der Waals surface area contributed by atoms with E-state index in [0.29, 0.717) is 11.3 Å². The van der Waals surface area contributed by atoms with Crippen LogP contribution in [0.25, 0.3) is 5.69 Å². The van der Waals surface area contributed by atoms with Crippen LogP contribution in [0.2, 0.25) is 0 Å². The topological polar surface area (TPSA) is 71.1 Å². The summed E-state index contributed by atoms with van der Waals surface area (Å²) in [6.45, 7) is 3.99. The molecule has 1 aromatic heterocycles. The molecule has 0 aliphatic rings. The van der Waals surface area contributed by atoms with Crippen molar-refractivity contribution in [2.45, 2.75) is 27.1 Å². The van der Waals surface area contributed by atoms with Crippen LogP contribution in [0.1, 0.15) is 28.1 Å². The van der Waals surface area contributed by atoms with Crippen LogP contribution in [-0.4, -0.2) is 14.9 Å². The Bertz CT molecular complexity index is 924. The van der Waals surface area contributed by atoms with E-state index in [1.54, 1.807) is 4.68 Å². The SMILES string of the molecule is Cc1cc(CO)ccc1OCc1c(C#N)c(C)nn1-c1ccccc1. The maximum atomic E-state index is 9.49. The van der Waals surface area contributed by atoms with E-state index in [4.69, 9.17) is 4.74 Å². The lowest BCUT2D eigenvalue weighted by Gasteiger charge is -2.12. The second-order valence-corrected chi connectivity index (χ2v) is 5.81. The molecule has 0 saturated carbocycles. The predicted molar refractivity (Wildman–Crippen MR) is 94.4 cm³/mol. The number of benzene rings is 2. The first-order valence-corrected chi connectivity index (χ1v) is 8.01. The zero-order chi connectivity index (χ0) is 17.8. The van der Waals surface area contributed by atoms with Gasteiger partial charge in [-0.3, -0.25) is 0 Å². The van der Waals surface area contributed by atoms with Gasteiger partial charge in [-0.15, -0.1) is 0 Å². The molecule has 0 aliphatic carbocycles. The van der Waals surface area contributed by atoms with Gasteiger partial charge in [0.25, 0.3) is 0 Å². The predicted octanol–water partition coefficient (Wildman–Crippen LogP) is 3.43. The fourth-order valence-electron chi connectivity index (χ4n) is 2.75. The highest BCUT2D eigenvalue weighted by atomic mass is 16.5. The van der Waals surface area contributed by atoms with Crippen LogP contribution in [-0.2, 0) is 13.2 Å². The molecule has 25 heavy (non-hydrogen) atoms. The number of aromatic nitrogens is 2. The summed E-state index contributed by atoms with van der Waals surface area (Å²) >= 11 is 0. The monoisotopic (exact) mass is 333 g/mol. The number of para-hydroxylation sites is 1. The molecule has 5 heteroatoms. The number of hydrogen-bond acceptors (Lipinski definition) is 4. The van der Waals surface area contributed by atoms with Crippen molar-refractivity contribution in [1.29, 1.82) is 5.26 Å². The zero-order valence-electron chi connectivity index (χ0n) is 14.2. The molecule has 0 aliphatic heterocycles. The number of ether oxygens (including phenoxy) is 1. The number of nitriles is 1. The minimum atomic E-state index is -0.000324. The van der Waals surface area contributed by atoms with Crippen LogP contribution in [0.5, 0.6) is 5.75 Å². The smallest absolute Gasteiger partial charge is 0.132 e. The van der Waals surface area contributed by atoms with E-state index in [9.17, 15) is 10.4 Å². The molecule has 3 rings (SSSR count). The molecule has 0 bridgehead atoms. The van der Waals surface area contributed by atoms with E-state index in [2.05, 4.69) is 11.2 Å². The molecular formula is C20H19N3O2. The molecule has 0 atom stereocenters. The summed E-state index contributed by atoms with van der Waals surface area (Å²) in [5.74, 6) is 0.722. The van der Waals surface area contributed by atoms with E-state index in [-0.39, 0.29) is 13.2 Å². The van der Waals surface area contributed by atoms with E-state index in [0.717, 1.165) is 28.3 Å². The fourth-order valence-corrected chi connectivity index (χ4v) is 2.75. The molecule has 1 heterocycles. The summed E-state index contributed by atoms with van der Waals surface area (Å²) in [6.07, 6.45) is 0. The van der Waals surface area contributed by atoms with Crippen molar-refractivity contribution in [3.63, 3.8) is 0 Å². The van der Waals surface area contributed by atoms with Gasteiger partial charge in [0, 0.05) is 0 Å². The van der Waals surface area contributed by atoms with E-state index in [1.807, 2.05) is 62.4 Å². The summed E-state index contributed by atoms with van der Waals surface area (Å²) in [7, 11) is 0. The molecule has 2 aromatic carbocycles. The average molecular weight is 333 g/mol. The third-order valence-corrected chi connectivity index (χ3v) is 4.05. The highest BCUT2D eigenvalue weighted by molar-refractivity contribution is 5.44. The van der Waals surface area contributed by atoms with Crippen LogP contribution in [0.15, 0.2) is 48.5 Å². The summed E-state index contributed by atoms with van der Waals surface area (Å²) in [4.78, 5) is 0. The van der Waals surface area contributed by atoms with Gasteiger partial charge in [0.15, 0.2) is 0 Å². The molecule has 1 N–H and O–H groups in total. The average Bonchev–Trinajstić information content (AvgIpc) is 2.96. The summed E-state index contributed by atoms with van der Waals surface area (Å²) in [5.41, 5.74) is 4.60. The Labute approximate surface area is 146 Å². The normalized spacial score (nSPS) is 10.5. The van der Waals surface area contributed by atoms with Crippen LogP contribution in [0.4, 0.5) is 0 Å². The number of aliphatic hydroxyl groups excluding tert-OH is 1. The first-order valence-electron chi connectivity index (χ1n) is 8.01. The third kappa shape index (κ3) is 3.39. The zero-order valence-corrected chi connectivity index (χ0v) is 14.2.